The van der Waals surface area contributed by atoms with Crippen LogP contribution in [0.25, 0.3) is 0 Å². The molecule has 1 aliphatic rings. The minimum Gasteiger partial charge on any atom is -0.370 e. The van der Waals surface area contributed by atoms with Gasteiger partial charge in [-0.25, -0.2) is 4.99 Å². The lowest BCUT2D eigenvalue weighted by atomic mass is 10.3. The third kappa shape index (κ3) is 4.48. The number of para-hydroxylation sites is 1. The average Bonchev–Trinajstić information content (AvgIpc) is 2.47. The molecule has 6 heteroatoms. The number of carbonyl (C=O) groups excluding carboxylic acids is 1. The number of hydrogen-bond donors (Lipinski definition) is 2. The maximum absolute atomic E-state index is 11.7. The van der Waals surface area contributed by atoms with Gasteiger partial charge in [0.15, 0.2) is 5.96 Å². The van der Waals surface area contributed by atoms with E-state index in [0.717, 1.165) is 30.3 Å². The van der Waals surface area contributed by atoms with Crippen LogP contribution in [0.15, 0.2) is 35.3 Å². The highest BCUT2D eigenvalue weighted by Crippen LogP contribution is 2.08. The first-order valence-corrected chi connectivity index (χ1v) is 7.38. The van der Waals surface area contributed by atoms with E-state index in [0.29, 0.717) is 5.96 Å². The average molecular weight is 278 g/mol. The van der Waals surface area contributed by atoms with Crippen molar-refractivity contribution < 1.29 is 4.79 Å². The highest BCUT2D eigenvalue weighted by Gasteiger charge is 2.12. The topological polar surface area (TPSA) is 70.7 Å². The molecule has 0 bridgehead atoms. The predicted octanol–water partition coefficient (Wildman–Crippen LogP) is 0.989. The maximum atomic E-state index is 11.7. The number of nitrogens with one attached hydrogen (secondary N) is 1. The fourth-order valence-corrected chi connectivity index (χ4v) is 2.67. The van der Waals surface area contributed by atoms with Crippen molar-refractivity contribution in [3.63, 3.8) is 0 Å². The summed E-state index contributed by atoms with van der Waals surface area (Å²) in [5, 5.41) is 2.78. The number of rotatable bonds is 3. The zero-order chi connectivity index (χ0) is 13.5. The van der Waals surface area contributed by atoms with Crippen molar-refractivity contribution in [2.75, 3.05) is 36.5 Å². The molecule has 1 aromatic rings. The molecule has 0 aromatic heterocycles. The van der Waals surface area contributed by atoms with Crippen LogP contribution >= 0.6 is 11.8 Å². The van der Waals surface area contributed by atoms with Crippen LogP contribution in [-0.2, 0) is 4.79 Å². The van der Waals surface area contributed by atoms with Crippen LogP contribution < -0.4 is 11.1 Å². The molecule has 0 aliphatic carbocycles. The Labute approximate surface area is 117 Å². The molecule has 1 aromatic carbocycles. The van der Waals surface area contributed by atoms with Gasteiger partial charge in [-0.3, -0.25) is 4.79 Å². The standard InChI is InChI=1S/C13H18N4OS/c14-13(17-6-8-19-9-7-17)15-10-12(18)16-11-4-2-1-3-5-11/h1-5H,6-10H2,(H2,14,15)(H,16,18). The number of aliphatic imine (C=N–C) groups is 1. The van der Waals surface area contributed by atoms with E-state index in [9.17, 15) is 4.79 Å². The molecule has 1 amide bonds. The molecule has 1 heterocycles. The van der Waals surface area contributed by atoms with Gasteiger partial charge in [-0.05, 0) is 12.1 Å². The summed E-state index contributed by atoms with van der Waals surface area (Å²) in [5.74, 6) is 2.43. The van der Waals surface area contributed by atoms with Gasteiger partial charge in [0.2, 0.25) is 5.91 Å². The summed E-state index contributed by atoms with van der Waals surface area (Å²) in [6.07, 6.45) is 0. The highest BCUT2D eigenvalue weighted by atomic mass is 32.2. The van der Waals surface area contributed by atoms with Crippen molar-refractivity contribution in [2.24, 2.45) is 10.7 Å². The van der Waals surface area contributed by atoms with Gasteiger partial charge in [0.25, 0.3) is 0 Å². The Morgan fingerprint density at radius 3 is 2.68 bits per heavy atom. The van der Waals surface area contributed by atoms with Crippen molar-refractivity contribution in [1.82, 2.24) is 4.90 Å². The lowest BCUT2D eigenvalue weighted by Crippen LogP contribution is -2.43. The van der Waals surface area contributed by atoms with Gasteiger partial charge in [-0.15, -0.1) is 0 Å². The Hall–Kier alpha value is -1.69. The maximum Gasteiger partial charge on any atom is 0.246 e. The molecule has 1 saturated heterocycles. The van der Waals surface area contributed by atoms with E-state index in [1.807, 2.05) is 47.0 Å². The van der Waals surface area contributed by atoms with Gasteiger partial charge in [0, 0.05) is 30.3 Å². The Morgan fingerprint density at radius 2 is 2.00 bits per heavy atom. The largest absolute Gasteiger partial charge is 0.370 e. The molecular weight excluding hydrogens is 260 g/mol. The van der Waals surface area contributed by atoms with Crippen molar-refractivity contribution in [1.29, 1.82) is 0 Å². The van der Waals surface area contributed by atoms with Crippen LogP contribution in [0, 0.1) is 0 Å². The molecule has 1 fully saturated rings. The monoisotopic (exact) mass is 278 g/mol. The van der Waals surface area contributed by atoms with E-state index in [1.165, 1.54) is 0 Å². The van der Waals surface area contributed by atoms with Crippen LogP contribution in [0.1, 0.15) is 0 Å². The molecule has 5 nitrogen and oxygen atoms in total. The van der Waals surface area contributed by atoms with Gasteiger partial charge in [-0.1, -0.05) is 18.2 Å². The molecule has 0 radical (unpaired) electrons. The van der Waals surface area contributed by atoms with Crippen LogP contribution in [0.2, 0.25) is 0 Å². The van der Waals surface area contributed by atoms with Crippen molar-refractivity contribution in [3.05, 3.63) is 30.3 Å². The first-order valence-electron chi connectivity index (χ1n) is 6.23. The second-order valence-corrected chi connectivity index (χ2v) is 5.41. The zero-order valence-corrected chi connectivity index (χ0v) is 11.5. The predicted molar refractivity (Wildman–Crippen MR) is 80.5 cm³/mol. The number of nitrogens with zero attached hydrogens (tertiary/aromatic N) is 2. The van der Waals surface area contributed by atoms with Gasteiger partial charge in [0.1, 0.15) is 6.54 Å². The summed E-state index contributed by atoms with van der Waals surface area (Å²) >= 11 is 1.91. The molecule has 2 rings (SSSR count). The number of hydrogen-bond acceptors (Lipinski definition) is 3. The quantitative estimate of drug-likeness (QED) is 0.639. The minimum absolute atomic E-state index is 0.0599. The van der Waals surface area contributed by atoms with Gasteiger partial charge < -0.3 is 16.0 Å². The Morgan fingerprint density at radius 1 is 1.32 bits per heavy atom. The van der Waals surface area contributed by atoms with Crippen LogP contribution in [-0.4, -0.2) is 47.9 Å². The van der Waals surface area contributed by atoms with E-state index in [-0.39, 0.29) is 12.5 Å². The van der Waals surface area contributed by atoms with E-state index in [2.05, 4.69) is 10.3 Å². The van der Waals surface area contributed by atoms with E-state index in [4.69, 9.17) is 5.73 Å². The third-order valence-corrected chi connectivity index (χ3v) is 3.72. The number of carbonyl (C=O) groups is 1. The van der Waals surface area contributed by atoms with E-state index < -0.39 is 0 Å². The van der Waals surface area contributed by atoms with Crippen molar-refractivity contribution in [2.45, 2.75) is 0 Å². The highest BCUT2D eigenvalue weighted by molar-refractivity contribution is 7.99. The summed E-state index contributed by atoms with van der Waals surface area (Å²) in [6, 6.07) is 9.33. The van der Waals surface area contributed by atoms with Gasteiger partial charge in [0.05, 0.1) is 0 Å². The third-order valence-electron chi connectivity index (χ3n) is 2.78. The number of nitrogens with two attached hydrogens (primary N) is 1. The number of amides is 1. The molecule has 0 saturated carbocycles. The molecule has 0 spiro atoms. The van der Waals surface area contributed by atoms with E-state index in [1.54, 1.807) is 0 Å². The van der Waals surface area contributed by atoms with Gasteiger partial charge in [-0.2, -0.15) is 11.8 Å². The molecule has 0 atom stereocenters. The lowest BCUT2D eigenvalue weighted by Gasteiger charge is -2.27. The number of benzene rings is 1. The Balaban J connectivity index is 1.82. The van der Waals surface area contributed by atoms with E-state index >= 15 is 0 Å². The normalized spacial score (nSPS) is 16.2. The zero-order valence-electron chi connectivity index (χ0n) is 10.7. The summed E-state index contributed by atoms with van der Waals surface area (Å²) in [6.45, 7) is 1.87. The van der Waals surface area contributed by atoms with Crippen LogP contribution in [0.3, 0.4) is 0 Å². The molecule has 0 unspecified atom stereocenters. The van der Waals surface area contributed by atoms with Gasteiger partial charge >= 0.3 is 0 Å². The SMILES string of the molecule is NC(=NCC(=O)Nc1ccccc1)N1CCSCC1. The Kier molecular flexibility index (Phi) is 5.09. The second kappa shape index (κ2) is 7.04. The number of anilines is 1. The van der Waals surface area contributed by atoms with Crippen molar-refractivity contribution in [3.8, 4) is 0 Å². The summed E-state index contributed by atoms with van der Waals surface area (Å²) in [5.41, 5.74) is 6.65. The molecule has 102 valence electrons. The summed E-state index contributed by atoms with van der Waals surface area (Å²) in [4.78, 5) is 17.9. The molecule has 3 N–H and O–H groups in total. The summed E-state index contributed by atoms with van der Waals surface area (Å²) in [7, 11) is 0. The fraction of sp³-hybridized carbons (Fsp3) is 0.385. The van der Waals surface area contributed by atoms with Crippen molar-refractivity contribution >= 4 is 29.3 Å². The number of guanidine groups is 1. The molecular formula is C13H18N4OS. The second-order valence-electron chi connectivity index (χ2n) is 4.19. The smallest absolute Gasteiger partial charge is 0.246 e. The first-order chi connectivity index (χ1) is 9.25. The molecule has 19 heavy (non-hydrogen) atoms. The summed E-state index contributed by atoms with van der Waals surface area (Å²) < 4.78 is 0. The van der Waals surface area contributed by atoms with Crippen LogP contribution in [0.4, 0.5) is 5.69 Å². The molecule has 1 aliphatic heterocycles. The first kappa shape index (κ1) is 13.7. The minimum atomic E-state index is -0.152. The lowest BCUT2D eigenvalue weighted by molar-refractivity contribution is -0.114. The number of thioether (sulfide) groups is 1. The Bertz CT molecular complexity index is 443. The fourth-order valence-electron chi connectivity index (χ4n) is 1.77. The van der Waals surface area contributed by atoms with Crippen LogP contribution in [0.5, 0.6) is 0 Å².